The molecule has 0 saturated heterocycles. The van der Waals surface area contributed by atoms with Crippen LogP contribution in [0.25, 0.3) is 11.2 Å². The van der Waals surface area contributed by atoms with Gasteiger partial charge >= 0.3 is 0 Å². The largest absolute Gasteiger partial charge is 0.496 e. The number of aliphatic hydroxyl groups is 2. The number of rotatable bonds is 8. The number of anilines is 1. The van der Waals surface area contributed by atoms with Crippen LogP contribution in [0.4, 0.5) is 5.82 Å². The Hall–Kier alpha value is -2.71. The second kappa shape index (κ2) is 8.32. The quantitative estimate of drug-likeness (QED) is 0.618. The van der Waals surface area contributed by atoms with Crippen LogP contribution in [0.5, 0.6) is 5.75 Å². The minimum absolute atomic E-state index is 0.202. The Morgan fingerprint density at radius 2 is 2.00 bits per heavy atom. The normalized spacial score (nSPS) is 13.5. The number of hydrogen-bond acceptors (Lipinski definition) is 7. The average molecular weight is 371 g/mol. The highest BCUT2D eigenvalue weighted by atomic mass is 16.5. The fourth-order valence-corrected chi connectivity index (χ4v) is 3.14. The van der Waals surface area contributed by atoms with Crippen LogP contribution < -0.4 is 9.64 Å². The van der Waals surface area contributed by atoms with Crippen molar-refractivity contribution in [2.75, 3.05) is 32.2 Å². The van der Waals surface area contributed by atoms with Gasteiger partial charge in [0.15, 0.2) is 17.0 Å². The molecule has 0 saturated carbocycles. The van der Waals surface area contributed by atoms with Gasteiger partial charge in [0, 0.05) is 13.6 Å². The number of likely N-dealkylation sites (N-methyl/N-ethyl adjacent to an activating group) is 1. The zero-order valence-corrected chi connectivity index (χ0v) is 15.8. The third-order valence-electron chi connectivity index (χ3n) is 4.71. The molecule has 2 heterocycles. The molecule has 0 aliphatic carbocycles. The zero-order chi connectivity index (χ0) is 19.4. The van der Waals surface area contributed by atoms with Gasteiger partial charge in [-0.15, -0.1) is 0 Å². The minimum atomic E-state index is -0.728. The van der Waals surface area contributed by atoms with Crippen molar-refractivity contribution in [3.8, 4) is 5.75 Å². The van der Waals surface area contributed by atoms with Gasteiger partial charge in [0.25, 0.3) is 0 Å². The van der Waals surface area contributed by atoms with Gasteiger partial charge in [-0.25, -0.2) is 15.0 Å². The Balaban J connectivity index is 1.85. The average Bonchev–Trinajstić information content (AvgIpc) is 3.10. The van der Waals surface area contributed by atoms with Crippen molar-refractivity contribution in [1.82, 2.24) is 19.5 Å². The molecule has 2 aromatic heterocycles. The first-order chi connectivity index (χ1) is 13.1. The number of fused-ring (bicyclic) bond motifs is 1. The molecule has 27 heavy (non-hydrogen) atoms. The number of benzene rings is 1. The molecule has 8 heteroatoms. The van der Waals surface area contributed by atoms with Crippen molar-refractivity contribution in [3.63, 3.8) is 0 Å². The van der Waals surface area contributed by atoms with E-state index in [2.05, 4.69) is 15.0 Å². The summed E-state index contributed by atoms with van der Waals surface area (Å²) in [6, 6.07) is 7.44. The van der Waals surface area contributed by atoms with Gasteiger partial charge in [0.1, 0.15) is 12.1 Å². The van der Waals surface area contributed by atoms with E-state index >= 15 is 0 Å². The van der Waals surface area contributed by atoms with E-state index in [0.29, 0.717) is 17.0 Å². The molecule has 0 aliphatic heterocycles. The minimum Gasteiger partial charge on any atom is -0.496 e. The van der Waals surface area contributed by atoms with E-state index in [4.69, 9.17) is 4.74 Å². The maximum absolute atomic E-state index is 9.91. The maximum Gasteiger partial charge on any atom is 0.165 e. The number of aromatic nitrogens is 4. The summed E-state index contributed by atoms with van der Waals surface area (Å²) in [7, 11) is 3.62. The highest BCUT2D eigenvalue weighted by Gasteiger charge is 2.21. The molecule has 0 unspecified atom stereocenters. The lowest BCUT2D eigenvalue weighted by Gasteiger charge is -2.20. The summed E-state index contributed by atoms with van der Waals surface area (Å²) in [4.78, 5) is 15.1. The van der Waals surface area contributed by atoms with Crippen molar-refractivity contribution in [1.29, 1.82) is 0 Å². The van der Waals surface area contributed by atoms with Crippen LogP contribution in [0.15, 0.2) is 36.9 Å². The number of hydrogen-bond donors (Lipinski definition) is 2. The van der Waals surface area contributed by atoms with Gasteiger partial charge in [-0.05, 0) is 25.0 Å². The first-order valence-corrected chi connectivity index (χ1v) is 8.86. The summed E-state index contributed by atoms with van der Waals surface area (Å²) in [5, 5.41) is 19.5. The second-order valence-corrected chi connectivity index (χ2v) is 6.50. The van der Waals surface area contributed by atoms with Gasteiger partial charge in [-0.2, -0.15) is 0 Å². The first-order valence-electron chi connectivity index (χ1n) is 8.86. The molecule has 0 spiro atoms. The predicted octanol–water partition coefficient (Wildman–Crippen LogP) is 1.43. The Labute approximate surface area is 158 Å². The van der Waals surface area contributed by atoms with Gasteiger partial charge in [-0.1, -0.05) is 18.2 Å². The van der Waals surface area contributed by atoms with E-state index < -0.39 is 12.1 Å². The third kappa shape index (κ3) is 3.86. The number of methoxy groups -OCH3 is 1. The van der Waals surface area contributed by atoms with Gasteiger partial charge < -0.3 is 24.4 Å². The number of aliphatic hydroxyl groups excluding tert-OH is 2. The molecule has 3 aromatic rings. The molecule has 2 atom stereocenters. The molecule has 0 aliphatic rings. The molecule has 1 aromatic carbocycles. The zero-order valence-electron chi connectivity index (χ0n) is 15.8. The first kappa shape index (κ1) is 19.1. The van der Waals surface area contributed by atoms with E-state index in [0.717, 1.165) is 24.3 Å². The molecule has 2 N–H and O–H groups in total. The van der Waals surface area contributed by atoms with Crippen molar-refractivity contribution >= 4 is 17.0 Å². The van der Waals surface area contributed by atoms with E-state index in [9.17, 15) is 10.2 Å². The van der Waals surface area contributed by atoms with Crippen molar-refractivity contribution < 1.29 is 14.9 Å². The van der Waals surface area contributed by atoms with Gasteiger partial charge in [0.2, 0.25) is 0 Å². The Morgan fingerprint density at radius 1 is 1.22 bits per heavy atom. The highest BCUT2D eigenvalue weighted by molar-refractivity contribution is 5.83. The fourth-order valence-electron chi connectivity index (χ4n) is 3.14. The maximum atomic E-state index is 9.91. The molecule has 0 amide bonds. The number of ether oxygens (including phenoxy) is 1. The smallest absolute Gasteiger partial charge is 0.165 e. The molecule has 8 nitrogen and oxygen atoms in total. The molecular formula is C19H25N5O3. The number of imidazole rings is 1. The Bertz CT molecular complexity index is 896. The second-order valence-electron chi connectivity index (χ2n) is 6.50. The predicted molar refractivity (Wildman–Crippen MR) is 103 cm³/mol. The number of nitrogens with zero attached hydrogens (tertiary/aromatic N) is 5. The molecular weight excluding hydrogens is 346 g/mol. The summed E-state index contributed by atoms with van der Waals surface area (Å²) in [6.45, 7) is 2.15. The summed E-state index contributed by atoms with van der Waals surface area (Å²) < 4.78 is 7.10. The van der Waals surface area contributed by atoms with E-state index in [1.165, 1.54) is 6.33 Å². The highest BCUT2D eigenvalue weighted by Crippen LogP contribution is 2.25. The Kier molecular flexibility index (Phi) is 5.88. The number of para-hydroxylation sites is 1. The van der Waals surface area contributed by atoms with Crippen LogP contribution in [0.2, 0.25) is 0 Å². The summed E-state index contributed by atoms with van der Waals surface area (Å²) >= 11 is 0. The summed E-state index contributed by atoms with van der Waals surface area (Å²) in [6.07, 6.45) is 3.13. The fraction of sp³-hybridized carbons (Fsp3) is 0.421. The van der Waals surface area contributed by atoms with Crippen LogP contribution >= 0.6 is 0 Å². The molecule has 144 valence electrons. The molecule has 0 radical (unpaired) electrons. The van der Waals surface area contributed by atoms with Gasteiger partial charge in [0.05, 0.1) is 32.2 Å². The van der Waals surface area contributed by atoms with Gasteiger partial charge in [-0.3, -0.25) is 0 Å². The van der Waals surface area contributed by atoms with Crippen LogP contribution in [0.3, 0.4) is 0 Å². The van der Waals surface area contributed by atoms with Crippen LogP contribution in [0, 0.1) is 0 Å². The van der Waals surface area contributed by atoms with Crippen molar-refractivity contribution in [2.24, 2.45) is 0 Å². The molecule has 0 bridgehead atoms. The SMILES string of the molecule is COc1ccccc1CCN(C)c1ncnc2c1ncn2[C@H](CO)[C@@H](C)O. The van der Waals surface area contributed by atoms with Crippen LogP contribution in [0.1, 0.15) is 18.5 Å². The van der Waals surface area contributed by atoms with Crippen LogP contribution in [-0.2, 0) is 6.42 Å². The molecule has 0 fully saturated rings. The topological polar surface area (TPSA) is 96.5 Å². The van der Waals surface area contributed by atoms with Crippen molar-refractivity contribution in [3.05, 3.63) is 42.5 Å². The Morgan fingerprint density at radius 3 is 2.70 bits per heavy atom. The van der Waals surface area contributed by atoms with E-state index in [1.54, 1.807) is 24.9 Å². The van der Waals surface area contributed by atoms with Crippen LogP contribution in [-0.4, -0.2) is 63.1 Å². The summed E-state index contributed by atoms with van der Waals surface area (Å²) in [5.74, 6) is 1.57. The monoisotopic (exact) mass is 371 g/mol. The molecule has 3 rings (SSSR count). The lowest BCUT2D eigenvalue weighted by Crippen LogP contribution is -2.25. The van der Waals surface area contributed by atoms with E-state index in [-0.39, 0.29) is 6.61 Å². The third-order valence-corrected chi connectivity index (χ3v) is 4.71. The lowest BCUT2D eigenvalue weighted by atomic mass is 10.1. The standard InChI is InChI=1S/C19H25N5O3/c1-13(26)15(10-25)24-12-22-17-18(20-11-21-19(17)24)23(2)9-8-14-6-4-5-7-16(14)27-3/h4-7,11-13,15,25-26H,8-10H2,1-3H3/t13-,15-/m1/s1. The van der Waals surface area contributed by atoms with Crippen molar-refractivity contribution in [2.45, 2.75) is 25.5 Å². The lowest BCUT2D eigenvalue weighted by molar-refractivity contribution is 0.0885. The summed E-state index contributed by atoms with van der Waals surface area (Å²) in [5.41, 5.74) is 2.35. The van der Waals surface area contributed by atoms with E-state index in [1.807, 2.05) is 36.2 Å².